The molecule has 2 aliphatic heterocycles. The number of fused-ring (bicyclic) bond motifs is 1. The zero-order valence-electron chi connectivity index (χ0n) is 13.6. The zero-order valence-corrected chi connectivity index (χ0v) is 13.6. The first kappa shape index (κ1) is 14.9. The molecule has 1 aromatic rings. The van der Waals surface area contributed by atoms with Gasteiger partial charge in [-0.1, -0.05) is 25.1 Å². The smallest absolute Gasteiger partial charge is 0.124 e. The van der Waals surface area contributed by atoms with Crippen LogP contribution >= 0.6 is 0 Å². The Morgan fingerprint density at radius 1 is 1.33 bits per heavy atom. The van der Waals surface area contributed by atoms with Crippen molar-refractivity contribution >= 4 is 0 Å². The minimum Gasteiger partial charge on any atom is -0.487 e. The third kappa shape index (κ3) is 3.24. The van der Waals surface area contributed by atoms with Gasteiger partial charge in [-0.3, -0.25) is 4.90 Å². The molecule has 116 valence electrons. The average molecular weight is 288 g/mol. The molecule has 3 rings (SSSR count). The van der Waals surface area contributed by atoms with Crippen LogP contribution in [0.5, 0.6) is 5.75 Å². The van der Waals surface area contributed by atoms with Crippen LogP contribution in [0.3, 0.4) is 0 Å². The van der Waals surface area contributed by atoms with E-state index in [0.29, 0.717) is 12.1 Å². The van der Waals surface area contributed by atoms with Crippen LogP contribution in [-0.4, -0.2) is 36.2 Å². The molecule has 2 atom stereocenters. The number of benzene rings is 1. The van der Waals surface area contributed by atoms with Crippen molar-refractivity contribution in [1.82, 2.24) is 10.2 Å². The van der Waals surface area contributed by atoms with E-state index in [9.17, 15) is 0 Å². The van der Waals surface area contributed by atoms with Gasteiger partial charge in [0.05, 0.1) is 0 Å². The summed E-state index contributed by atoms with van der Waals surface area (Å²) in [6, 6.07) is 9.58. The number of likely N-dealkylation sites (N-methyl/N-ethyl adjacent to an activating group) is 1. The van der Waals surface area contributed by atoms with Crippen molar-refractivity contribution in [2.24, 2.45) is 0 Å². The number of rotatable bonds is 4. The summed E-state index contributed by atoms with van der Waals surface area (Å²) >= 11 is 0. The summed E-state index contributed by atoms with van der Waals surface area (Å²) in [5, 5.41) is 3.82. The Morgan fingerprint density at radius 3 is 2.95 bits per heavy atom. The van der Waals surface area contributed by atoms with Crippen LogP contribution in [0.4, 0.5) is 0 Å². The molecule has 1 aromatic carbocycles. The Bertz CT molecular complexity index is 486. The maximum absolute atomic E-state index is 6.11. The van der Waals surface area contributed by atoms with Crippen LogP contribution in [0.15, 0.2) is 24.3 Å². The second kappa shape index (κ2) is 5.98. The summed E-state index contributed by atoms with van der Waals surface area (Å²) in [4.78, 5) is 2.60. The Balaban J connectivity index is 1.70. The molecule has 3 nitrogen and oxygen atoms in total. The van der Waals surface area contributed by atoms with E-state index in [1.54, 1.807) is 0 Å². The predicted octanol–water partition coefficient (Wildman–Crippen LogP) is 3.36. The van der Waals surface area contributed by atoms with Crippen LogP contribution in [0, 0.1) is 0 Å². The van der Waals surface area contributed by atoms with Crippen LogP contribution in [0.1, 0.15) is 51.6 Å². The second-order valence-corrected chi connectivity index (χ2v) is 6.99. The molecule has 1 N–H and O–H groups in total. The van der Waals surface area contributed by atoms with Crippen LogP contribution in [0.25, 0.3) is 0 Å². The molecular weight excluding hydrogens is 260 g/mol. The Hall–Kier alpha value is -1.06. The van der Waals surface area contributed by atoms with Gasteiger partial charge in [-0.2, -0.15) is 0 Å². The Morgan fingerprint density at radius 2 is 2.14 bits per heavy atom. The summed E-state index contributed by atoms with van der Waals surface area (Å²) in [6.45, 7) is 10.2. The number of hydrogen-bond donors (Lipinski definition) is 1. The van der Waals surface area contributed by atoms with Gasteiger partial charge in [-0.25, -0.2) is 0 Å². The summed E-state index contributed by atoms with van der Waals surface area (Å²) in [7, 11) is 0. The van der Waals surface area contributed by atoms with Crippen LogP contribution < -0.4 is 10.1 Å². The Kier molecular flexibility index (Phi) is 4.23. The number of hydrogen-bond acceptors (Lipinski definition) is 3. The molecule has 21 heavy (non-hydrogen) atoms. The molecule has 2 heterocycles. The highest BCUT2D eigenvalue weighted by atomic mass is 16.5. The highest BCUT2D eigenvalue weighted by Crippen LogP contribution is 2.39. The van der Waals surface area contributed by atoms with Gasteiger partial charge in [0.1, 0.15) is 11.4 Å². The van der Waals surface area contributed by atoms with Crippen molar-refractivity contribution in [1.29, 1.82) is 0 Å². The molecule has 2 aliphatic rings. The average Bonchev–Trinajstić information content (AvgIpc) is 2.91. The quantitative estimate of drug-likeness (QED) is 0.919. The van der Waals surface area contributed by atoms with Gasteiger partial charge in [0.25, 0.3) is 0 Å². The maximum Gasteiger partial charge on any atom is 0.124 e. The lowest BCUT2D eigenvalue weighted by atomic mass is 9.89. The van der Waals surface area contributed by atoms with Gasteiger partial charge in [0.15, 0.2) is 0 Å². The van der Waals surface area contributed by atoms with Crippen molar-refractivity contribution in [3.63, 3.8) is 0 Å². The first-order chi connectivity index (χ1) is 10.1. The molecule has 0 amide bonds. The summed E-state index contributed by atoms with van der Waals surface area (Å²) in [5.41, 5.74) is 1.23. The lowest BCUT2D eigenvalue weighted by Crippen LogP contribution is -2.43. The molecule has 0 bridgehead atoms. The van der Waals surface area contributed by atoms with E-state index in [-0.39, 0.29) is 5.60 Å². The van der Waals surface area contributed by atoms with E-state index in [1.165, 1.54) is 31.5 Å². The van der Waals surface area contributed by atoms with Crippen LogP contribution in [-0.2, 0) is 0 Å². The van der Waals surface area contributed by atoms with Gasteiger partial charge in [-0.05, 0) is 45.8 Å². The number of para-hydroxylation sites is 1. The fourth-order valence-electron chi connectivity index (χ4n) is 3.81. The Labute approximate surface area is 128 Å². The number of likely N-dealkylation sites (tertiary alicyclic amines) is 1. The molecule has 0 spiro atoms. The largest absolute Gasteiger partial charge is 0.487 e. The number of nitrogens with one attached hydrogen (secondary N) is 1. The van der Waals surface area contributed by atoms with Crippen molar-refractivity contribution < 1.29 is 4.74 Å². The van der Waals surface area contributed by atoms with Gasteiger partial charge >= 0.3 is 0 Å². The fraction of sp³-hybridized carbons (Fsp3) is 0.667. The van der Waals surface area contributed by atoms with Gasteiger partial charge in [0.2, 0.25) is 0 Å². The van der Waals surface area contributed by atoms with Gasteiger partial charge in [-0.15, -0.1) is 0 Å². The van der Waals surface area contributed by atoms with E-state index in [1.807, 2.05) is 0 Å². The summed E-state index contributed by atoms with van der Waals surface area (Å²) in [6.07, 6.45) is 3.70. The SMILES string of the molecule is CCN1CCCC1CNC1CC(C)(C)Oc2ccccc21. The minimum absolute atomic E-state index is 0.0911. The van der Waals surface area contributed by atoms with Crippen molar-refractivity contribution in [2.75, 3.05) is 19.6 Å². The van der Waals surface area contributed by atoms with Gasteiger partial charge in [0, 0.05) is 30.6 Å². The monoisotopic (exact) mass is 288 g/mol. The maximum atomic E-state index is 6.11. The minimum atomic E-state index is -0.0911. The van der Waals surface area contributed by atoms with Crippen molar-refractivity contribution in [2.45, 2.75) is 57.7 Å². The zero-order chi connectivity index (χ0) is 14.9. The molecule has 3 heteroatoms. The topological polar surface area (TPSA) is 24.5 Å². The van der Waals surface area contributed by atoms with E-state index in [4.69, 9.17) is 4.74 Å². The molecular formula is C18H28N2O. The summed E-state index contributed by atoms with van der Waals surface area (Å²) in [5.74, 6) is 1.05. The first-order valence-electron chi connectivity index (χ1n) is 8.34. The predicted molar refractivity (Wildman–Crippen MR) is 86.8 cm³/mol. The standard InChI is InChI=1S/C18H28N2O/c1-4-20-11-7-8-14(20)13-19-16-12-18(2,3)21-17-10-6-5-9-15(16)17/h5-6,9-10,14,16,19H,4,7-8,11-13H2,1-3H3. The normalized spacial score (nSPS) is 28.1. The third-order valence-electron chi connectivity index (χ3n) is 4.88. The molecule has 0 aliphatic carbocycles. The van der Waals surface area contributed by atoms with Crippen molar-refractivity contribution in [3.05, 3.63) is 29.8 Å². The molecule has 0 saturated carbocycles. The van der Waals surface area contributed by atoms with Gasteiger partial charge < -0.3 is 10.1 Å². The van der Waals surface area contributed by atoms with E-state index >= 15 is 0 Å². The van der Waals surface area contributed by atoms with Crippen molar-refractivity contribution in [3.8, 4) is 5.75 Å². The highest BCUT2D eigenvalue weighted by molar-refractivity contribution is 5.38. The highest BCUT2D eigenvalue weighted by Gasteiger charge is 2.34. The molecule has 2 unspecified atom stereocenters. The molecule has 0 radical (unpaired) electrons. The van der Waals surface area contributed by atoms with E-state index in [2.05, 4.69) is 55.3 Å². The number of ether oxygens (including phenoxy) is 1. The lowest BCUT2D eigenvalue weighted by molar-refractivity contribution is 0.0646. The van der Waals surface area contributed by atoms with E-state index < -0.39 is 0 Å². The molecule has 1 fully saturated rings. The van der Waals surface area contributed by atoms with Crippen LogP contribution in [0.2, 0.25) is 0 Å². The second-order valence-electron chi connectivity index (χ2n) is 6.99. The summed E-state index contributed by atoms with van der Waals surface area (Å²) < 4.78 is 6.11. The fourth-order valence-corrected chi connectivity index (χ4v) is 3.81. The third-order valence-corrected chi connectivity index (χ3v) is 4.88. The van der Waals surface area contributed by atoms with E-state index in [0.717, 1.165) is 18.7 Å². The number of nitrogens with zero attached hydrogens (tertiary/aromatic N) is 1. The molecule has 1 saturated heterocycles. The lowest BCUT2D eigenvalue weighted by Gasteiger charge is -2.38. The molecule has 0 aromatic heterocycles. The first-order valence-corrected chi connectivity index (χ1v) is 8.34.